The topological polar surface area (TPSA) is 121 Å². The second-order valence-corrected chi connectivity index (χ2v) is 12.1. The van der Waals surface area contributed by atoms with Crippen molar-refractivity contribution in [3.63, 3.8) is 0 Å². The minimum absolute atomic E-state index is 0.0331. The van der Waals surface area contributed by atoms with Crippen molar-refractivity contribution in [2.24, 2.45) is 5.92 Å². The number of fused-ring (bicyclic) bond motifs is 1. The van der Waals surface area contributed by atoms with Crippen LogP contribution in [-0.4, -0.2) is 48.4 Å². The lowest BCUT2D eigenvalue weighted by atomic mass is 9.96. The van der Waals surface area contributed by atoms with Gasteiger partial charge in [0.05, 0.1) is 29.1 Å². The molecule has 4 aromatic rings. The van der Waals surface area contributed by atoms with E-state index >= 15 is 0 Å². The van der Waals surface area contributed by atoms with Crippen molar-refractivity contribution < 1.29 is 17.6 Å². The molecule has 0 spiro atoms. The van der Waals surface area contributed by atoms with Crippen molar-refractivity contribution in [1.29, 1.82) is 5.26 Å². The highest BCUT2D eigenvalue weighted by molar-refractivity contribution is 7.89. The van der Waals surface area contributed by atoms with Crippen molar-refractivity contribution in [2.45, 2.75) is 32.6 Å². The summed E-state index contributed by atoms with van der Waals surface area (Å²) in [5, 5.41) is 14.7. The van der Waals surface area contributed by atoms with Crippen LogP contribution in [0.4, 0.5) is 10.1 Å². The van der Waals surface area contributed by atoms with Gasteiger partial charge < -0.3 is 4.90 Å². The van der Waals surface area contributed by atoms with Crippen molar-refractivity contribution in [2.75, 3.05) is 24.2 Å². The quantitative estimate of drug-likeness (QED) is 0.360. The molecule has 206 valence electrons. The van der Waals surface area contributed by atoms with Gasteiger partial charge in [0, 0.05) is 24.7 Å². The summed E-state index contributed by atoms with van der Waals surface area (Å²) in [4.78, 5) is 19.7. The van der Waals surface area contributed by atoms with E-state index in [1.165, 1.54) is 16.8 Å². The Morgan fingerprint density at radius 3 is 2.40 bits per heavy atom. The van der Waals surface area contributed by atoms with Crippen LogP contribution in [-0.2, 0) is 10.0 Å². The van der Waals surface area contributed by atoms with E-state index in [1.807, 2.05) is 42.8 Å². The second kappa shape index (κ2) is 10.7. The van der Waals surface area contributed by atoms with E-state index in [4.69, 9.17) is 5.10 Å². The Hall–Kier alpha value is -4.30. The van der Waals surface area contributed by atoms with E-state index in [0.717, 1.165) is 43.4 Å². The molecule has 0 atom stereocenters. The summed E-state index contributed by atoms with van der Waals surface area (Å²) in [6.07, 6.45) is 2.54. The number of nitrogens with zero attached hydrogens (tertiary/aromatic N) is 5. The minimum Gasteiger partial charge on any atom is -0.371 e. The Bertz CT molecular complexity index is 1730. The molecule has 40 heavy (non-hydrogen) atoms. The molecule has 11 heteroatoms. The van der Waals surface area contributed by atoms with Gasteiger partial charge in [-0.3, -0.25) is 4.79 Å². The number of aromatic nitrogens is 3. The highest BCUT2D eigenvalue weighted by Gasteiger charge is 2.25. The standard InChI is InChI=1S/C29H29FN6O3S/c1-18(2)27-26-24(20-7-9-22(10-8-20)35-13-11-19(17-31)12-14-35)16-25(29(37)34-40(3,38)39)32-28(26)36(33-27)23-6-4-5-21(30)15-23/h4-10,15-16,18-19H,11-14H2,1-3H3,(H,34,37). The molecular formula is C29H29FN6O3S. The number of halogens is 1. The van der Waals surface area contributed by atoms with Gasteiger partial charge in [-0.2, -0.15) is 10.4 Å². The minimum atomic E-state index is -3.84. The molecule has 1 aliphatic heterocycles. The Kier molecular flexibility index (Phi) is 7.29. The van der Waals surface area contributed by atoms with Crippen molar-refractivity contribution in [3.8, 4) is 22.9 Å². The van der Waals surface area contributed by atoms with Gasteiger partial charge in [-0.15, -0.1) is 0 Å². The summed E-state index contributed by atoms with van der Waals surface area (Å²) in [5.74, 6) is -1.27. The molecule has 9 nitrogen and oxygen atoms in total. The number of carbonyl (C=O) groups is 1. The number of nitrogens with one attached hydrogen (secondary N) is 1. The van der Waals surface area contributed by atoms with Crippen LogP contribution in [0.25, 0.3) is 27.8 Å². The number of pyridine rings is 1. The number of rotatable bonds is 6. The lowest BCUT2D eigenvalue weighted by Gasteiger charge is -2.31. The number of benzene rings is 2. The molecule has 0 saturated carbocycles. The maximum atomic E-state index is 14.2. The molecule has 1 N–H and O–H groups in total. The van der Waals surface area contributed by atoms with Gasteiger partial charge >= 0.3 is 0 Å². The third-order valence-corrected chi connectivity index (χ3v) is 7.55. The number of anilines is 1. The molecular weight excluding hydrogens is 531 g/mol. The van der Waals surface area contributed by atoms with Crippen molar-refractivity contribution in [1.82, 2.24) is 19.5 Å². The molecule has 3 heterocycles. The zero-order valence-electron chi connectivity index (χ0n) is 22.4. The molecule has 1 amide bonds. The molecule has 5 rings (SSSR count). The highest BCUT2D eigenvalue weighted by Crippen LogP contribution is 2.36. The zero-order chi connectivity index (χ0) is 28.6. The zero-order valence-corrected chi connectivity index (χ0v) is 23.2. The van der Waals surface area contributed by atoms with Crippen LogP contribution in [0.2, 0.25) is 0 Å². The van der Waals surface area contributed by atoms with E-state index in [1.54, 1.807) is 18.2 Å². The van der Waals surface area contributed by atoms with Gasteiger partial charge in [0.15, 0.2) is 5.65 Å². The monoisotopic (exact) mass is 560 g/mol. The van der Waals surface area contributed by atoms with Gasteiger partial charge in [-0.1, -0.05) is 32.0 Å². The highest BCUT2D eigenvalue weighted by atomic mass is 32.2. The Labute approximate surface area is 232 Å². The number of sulfonamides is 1. The molecule has 0 unspecified atom stereocenters. The predicted octanol–water partition coefficient (Wildman–Crippen LogP) is 4.78. The average molecular weight is 561 g/mol. The number of piperidine rings is 1. The Morgan fingerprint density at radius 1 is 1.10 bits per heavy atom. The van der Waals surface area contributed by atoms with Gasteiger partial charge in [-0.25, -0.2) is 27.2 Å². The first-order chi connectivity index (χ1) is 19.0. The van der Waals surface area contributed by atoms with Crippen LogP contribution in [0.15, 0.2) is 54.6 Å². The SMILES string of the molecule is CC(C)c1nn(-c2cccc(F)c2)c2nc(C(=O)NS(C)(=O)=O)cc(-c3ccc(N4CCC(C#N)CC4)cc3)c12. The van der Waals surface area contributed by atoms with Gasteiger partial charge in [0.2, 0.25) is 10.0 Å². The van der Waals surface area contributed by atoms with Crippen LogP contribution in [0.1, 0.15) is 48.8 Å². The molecule has 2 aromatic heterocycles. The summed E-state index contributed by atoms with van der Waals surface area (Å²) >= 11 is 0. The van der Waals surface area contributed by atoms with Crippen LogP contribution >= 0.6 is 0 Å². The van der Waals surface area contributed by atoms with E-state index in [-0.39, 0.29) is 17.5 Å². The molecule has 1 saturated heterocycles. The largest absolute Gasteiger partial charge is 0.371 e. The lowest BCUT2D eigenvalue weighted by Crippen LogP contribution is -2.33. The number of amides is 1. The Morgan fingerprint density at radius 2 is 1.80 bits per heavy atom. The average Bonchev–Trinajstić information content (AvgIpc) is 3.32. The summed E-state index contributed by atoms with van der Waals surface area (Å²) in [7, 11) is -3.84. The number of hydrogen-bond acceptors (Lipinski definition) is 7. The normalized spacial score (nSPS) is 14.4. The molecule has 1 fully saturated rings. The van der Waals surface area contributed by atoms with Gasteiger partial charge in [0.1, 0.15) is 11.5 Å². The number of hydrogen-bond donors (Lipinski definition) is 1. The van der Waals surface area contributed by atoms with E-state index in [0.29, 0.717) is 28.0 Å². The maximum absolute atomic E-state index is 14.2. The van der Waals surface area contributed by atoms with Crippen LogP contribution in [0, 0.1) is 23.1 Å². The lowest BCUT2D eigenvalue weighted by molar-refractivity contribution is 0.0977. The van der Waals surface area contributed by atoms with Crippen LogP contribution in [0.3, 0.4) is 0 Å². The molecule has 0 aliphatic carbocycles. The van der Waals surface area contributed by atoms with Crippen molar-refractivity contribution >= 4 is 32.7 Å². The second-order valence-electron chi connectivity index (χ2n) is 10.3. The summed E-state index contributed by atoms with van der Waals surface area (Å²) in [5.41, 5.74) is 3.81. The fraction of sp³-hybridized carbons (Fsp3) is 0.310. The fourth-order valence-corrected chi connectivity index (χ4v) is 5.46. The molecule has 0 radical (unpaired) electrons. The number of nitriles is 1. The molecule has 0 bridgehead atoms. The summed E-state index contributed by atoms with van der Waals surface area (Å²) in [6.45, 7) is 5.56. The Balaban J connectivity index is 1.68. The third kappa shape index (κ3) is 5.53. The summed E-state index contributed by atoms with van der Waals surface area (Å²) < 4.78 is 41.3. The van der Waals surface area contributed by atoms with Crippen molar-refractivity contribution in [3.05, 3.63) is 71.8 Å². The molecule has 2 aromatic carbocycles. The van der Waals surface area contributed by atoms with E-state index in [9.17, 15) is 22.9 Å². The first-order valence-electron chi connectivity index (χ1n) is 13.0. The van der Waals surface area contributed by atoms with E-state index in [2.05, 4.69) is 16.0 Å². The van der Waals surface area contributed by atoms with Crippen LogP contribution < -0.4 is 9.62 Å². The smallest absolute Gasteiger partial charge is 0.283 e. The van der Waals surface area contributed by atoms with E-state index < -0.39 is 21.7 Å². The van der Waals surface area contributed by atoms with Gasteiger partial charge in [0.25, 0.3) is 5.91 Å². The maximum Gasteiger partial charge on any atom is 0.283 e. The number of carbonyl (C=O) groups excluding carboxylic acids is 1. The third-order valence-electron chi connectivity index (χ3n) is 7.00. The predicted molar refractivity (Wildman–Crippen MR) is 151 cm³/mol. The molecule has 1 aliphatic rings. The first kappa shape index (κ1) is 27.3. The first-order valence-corrected chi connectivity index (χ1v) is 14.9. The van der Waals surface area contributed by atoms with Crippen LogP contribution in [0.5, 0.6) is 0 Å². The fourth-order valence-electron chi connectivity index (χ4n) is 5.02. The summed E-state index contributed by atoms with van der Waals surface area (Å²) in [6, 6.07) is 17.7. The van der Waals surface area contributed by atoms with Gasteiger partial charge in [-0.05, 0) is 66.3 Å².